The van der Waals surface area contributed by atoms with Crippen LogP contribution in [0.4, 0.5) is 5.82 Å². The number of anilines is 1. The molecule has 0 aliphatic carbocycles. The van der Waals surface area contributed by atoms with Gasteiger partial charge in [0.1, 0.15) is 17.4 Å². The Bertz CT molecular complexity index is 1400. The monoisotopic (exact) mass is 468 g/mol. The van der Waals surface area contributed by atoms with Crippen molar-refractivity contribution in [2.75, 3.05) is 12.8 Å². The lowest BCUT2D eigenvalue weighted by atomic mass is 10.1. The molecule has 0 saturated carbocycles. The van der Waals surface area contributed by atoms with Gasteiger partial charge in [-0.1, -0.05) is 54.2 Å². The van der Waals surface area contributed by atoms with Crippen molar-refractivity contribution < 1.29 is 4.74 Å². The molecule has 0 bridgehead atoms. The lowest BCUT2D eigenvalue weighted by Crippen LogP contribution is -2.06. The first-order valence-corrected chi connectivity index (χ1v) is 12.0. The van der Waals surface area contributed by atoms with E-state index < -0.39 is 0 Å². The van der Waals surface area contributed by atoms with Crippen LogP contribution < -0.4 is 10.5 Å². The maximum absolute atomic E-state index is 6.17. The standard InChI is InChI=1S/C26H24N6OS/c1-33-20-13-11-19(12-14-20)25-30-31-26(32(25)16-15-18-7-3-2-4-8-18)34-17-23-28-22-10-6-5-9-21(22)24(27)29-23/h2-14H,15-17H2,1H3,(H2,27,28,29). The van der Waals surface area contributed by atoms with E-state index in [0.29, 0.717) is 17.4 Å². The van der Waals surface area contributed by atoms with E-state index in [0.717, 1.165) is 46.2 Å². The first kappa shape index (κ1) is 21.9. The highest BCUT2D eigenvalue weighted by Gasteiger charge is 2.16. The molecule has 34 heavy (non-hydrogen) atoms. The number of thioether (sulfide) groups is 1. The number of hydrogen-bond donors (Lipinski definition) is 1. The molecule has 2 aromatic heterocycles. The van der Waals surface area contributed by atoms with Gasteiger partial charge in [0.15, 0.2) is 11.0 Å². The fourth-order valence-corrected chi connectivity index (χ4v) is 4.60. The minimum Gasteiger partial charge on any atom is -0.497 e. The van der Waals surface area contributed by atoms with Gasteiger partial charge in [0.25, 0.3) is 0 Å². The SMILES string of the molecule is COc1ccc(-c2nnc(SCc3nc(N)c4ccccc4n3)n2CCc2ccccc2)cc1. The molecule has 7 nitrogen and oxygen atoms in total. The lowest BCUT2D eigenvalue weighted by molar-refractivity contribution is 0.415. The van der Waals surface area contributed by atoms with Crippen molar-refractivity contribution in [3.63, 3.8) is 0 Å². The second kappa shape index (κ2) is 9.93. The number of aryl methyl sites for hydroxylation is 1. The summed E-state index contributed by atoms with van der Waals surface area (Å²) in [4.78, 5) is 9.17. The van der Waals surface area contributed by atoms with Gasteiger partial charge in [0.2, 0.25) is 0 Å². The van der Waals surface area contributed by atoms with E-state index in [2.05, 4.69) is 49.0 Å². The number of nitrogens with zero attached hydrogens (tertiary/aromatic N) is 5. The zero-order chi connectivity index (χ0) is 23.3. The zero-order valence-electron chi connectivity index (χ0n) is 18.8. The van der Waals surface area contributed by atoms with Gasteiger partial charge >= 0.3 is 0 Å². The summed E-state index contributed by atoms with van der Waals surface area (Å²) in [5.74, 6) is 3.33. The van der Waals surface area contributed by atoms with E-state index in [9.17, 15) is 0 Å². The van der Waals surface area contributed by atoms with Crippen LogP contribution in [0.2, 0.25) is 0 Å². The van der Waals surface area contributed by atoms with Gasteiger partial charge in [-0.3, -0.25) is 0 Å². The fraction of sp³-hybridized carbons (Fsp3) is 0.154. The molecule has 0 atom stereocenters. The molecular formula is C26H24N6OS. The van der Waals surface area contributed by atoms with Crippen molar-refractivity contribution in [1.82, 2.24) is 24.7 Å². The average Bonchev–Trinajstić information content (AvgIpc) is 3.29. The number of benzene rings is 3. The van der Waals surface area contributed by atoms with Crippen molar-refractivity contribution in [2.24, 2.45) is 0 Å². The Morgan fingerprint density at radius 1 is 0.882 bits per heavy atom. The van der Waals surface area contributed by atoms with E-state index in [-0.39, 0.29) is 0 Å². The first-order valence-electron chi connectivity index (χ1n) is 11.0. The van der Waals surface area contributed by atoms with E-state index in [4.69, 9.17) is 10.5 Å². The maximum atomic E-state index is 6.17. The van der Waals surface area contributed by atoms with Crippen LogP contribution in [0.15, 0.2) is 84.0 Å². The molecule has 3 aromatic carbocycles. The quantitative estimate of drug-likeness (QED) is 0.320. The molecule has 0 aliphatic rings. The van der Waals surface area contributed by atoms with Crippen LogP contribution in [0, 0.1) is 0 Å². The van der Waals surface area contributed by atoms with Crippen molar-refractivity contribution in [2.45, 2.75) is 23.9 Å². The second-order valence-corrected chi connectivity index (χ2v) is 8.70. The molecule has 8 heteroatoms. The predicted molar refractivity (Wildman–Crippen MR) is 136 cm³/mol. The van der Waals surface area contributed by atoms with Crippen LogP contribution in [-0.4, -0.2) is 31.8 Å². The smallest absolute Gasteiger partial charge is 0.191 e. The molecule has 0 saturated heterocycles. The third kappa shape index (κ3) is 4.72. The van der Waals surface area contributed by atoms with Gasteiger partial charge in [-0.15, -0.1) is 10.2 Å². The first-order chi connectivity index (χ1) is 16.7. The molecule has 2 N–H and O–H groups in total. The number of fused-ring (bicyclic) bond motifs is 1. The van der Waals surface area contributed by atoms with E-state index in [1.165, 1.54) is 5.56 Å². The topological polar surface area (TPSA) is 91.7 Å². The molecule has 5 rings (SSSR count). The fourth-order valence-electron chi connectivity index (χ4n) is 3.78. The number of aromatic nitrogens is 5. The molecule has 0 unspecified atom stereocenters. The number of para-hydroxylation sites is 1. The van der Waals surface area contributed by atoms with Crippen LogP contribution in [0.25, 0.3) is 22.3 Å². The zero-order valence-corrected chi connectivity index (χ0v) is 19.6. The Hall–Kier alpha value is -3.91. The number of nitrogens with two attached hydrogens (primary N) is 1. The molecule has 170 valence electrons. The minimum absolute atomic E-state index is 0.491. The van der Waals surface area contributed by atoms with Gasteiger partial charge < -0.3 is 15.0 Å². The number of nitrogen functional groups attached to an aromatic ring is 1. The predicted octanol–water partition coefficient (Wildman–Crippen LogP) is 5.01. The van der Waals surface area contributed by atoms with Crippen LogP contribution >= 0.6 is 11.8 Å². The minimum atomic E-state index is 0.491. The van der Waals surface area contributed by atoms with Crippen molar-refractivity contribution in [3.8, 4) is 17.1 Å². The molecular weight excluding hydrogens is 444 g/mol. The second-order valence-electron chi connectivity index (χ2n) is 7.75. The summed E-state index contributed by atoms with van der Waals surface area (Å²) >= 11 is 1.56. The summed E-state index contributed by atoms with van der Waals surface area (Å²) in [5, 5.41) is 10.7. The van der Waals surface area contributed by atoms with Crippen LogP contribution in [0.5, 0.6) is 5.75 Å². The Balaban J connectivity index is 1.43. The summed E-state index contributed by atoms with van der Waals surface area (Å²) in [6, 6.07) is 26.1. The average molecular weight is 469 g/mol. The molecule has 0 aliphatic heterocycles. The largest absolute Gasteiger partial charge is 0.497 e. The highest BCUT2D eigenvalue weighted by molar-refractivity contribution is 7.98. The van der Waals surface area contributed by atoms with Gasteiger partial charge in [0.05, 0.1) is 18.4 Å². The molecule has 0 spiro atoms. The van der Waals surface area contributed by atoms with E-state index in [1.807, 2.05) is 54.6 Å². The van der Waals surface area contributed by atoms with Crippen LogP contribution in [0.3, 0.4) is 0 Å². The molecule has 5 aromatic rings. The summed E-state index contributed by atoms with van der Waals surface area (Å²) in [5.41, 5.74) is 9.26. The highest BCUT2D eigenvalue weighted by Crippen LogP contribution is 2.28. The van der Waals surface area contributed by atoms with Crippen molar-refractivity contribution in [1.29, 1.82) is 0 Å². The summed E-state index contributed by atoms with van der Waals surface area (Å²) in [6.45, 7) is 0.751. The Labute approximate surface area is 202 Å². The Morgan fingerprint density at radius 3 is 2.44 bits per heavy atom. The van der Waals surface area contributed by atoms with E-state index >= 15 is 0 Å². The summed E-state index contributed by atoms with van der Waals surface area (Å²) in [7, 11) is 1.66. The Kier molecular flexibility index (Phi) is 6.40. The molecule has 0 radical (unpaired) electrons. The molecule has 0 fully saturated rings. The van der Waals surface area contributed by atoms with Crippen molar-refractivity contribution in [3.05, 3.63) is 90.3 Å². The summed E-state index contributed by atoms with van der Waals surface area (Å²) in [6.07, 6.45) is 0.870. The number of ether oxygens (including phenoxy) is 1. The number of hydrogen-bond acceptors (Lipinski definition) is 7. The number of rotatable bonds is 8. The van der Waals surface area contributed by atoms with E-state index in [1.54, 1.807) is 18.9 Å². The van der Waals surface area contributed by atoms with Crippen LogP contribution in [0.1, 0.15) is 11.4 Å². The maximum Gasteiger partial charge on any atom is 0.191 e. The summed E-state index contributed by atoms with van der Waals surface area (Å²) < 4.78 is 7.46. The van der Waals surface area contributed by atoms with Gasteiger partial charge in [-0.2, -0.15) is 0 Å². The lowest BCUT2D eigenvalue weighted by Gasteiger charge is -2.11. The highest BCUT2D eigenvalue weighted by atomic mass is 32.2. The number of methoxy groups -OCH3 is 1. The van der Waals surface area contributed by atoms with Gasteiger partial charge in [-0.25, -0.2) is 9.97 Å². The van der Waals surface area contributed by atoms with Crippen LogP contribution in [-0.2, 0) is 18.7 Å². The normalized spacial score (nSPS) is 11.1. The third-order valence-corrected chi connectivity index (χ3v) is 6.50. The van der Waals surface area contributed by atoms with Gasteiger partial charge in [0, 0.05) is 17.5 Å². The molecule has 0 amide bonds. The van der Waals surface area contributed by atoms with Gasteiger partial charge in [-0.05, 0) is 48.4 Å². The Morgan fingerprint density at radius 2 is 1.65 bits per heavy atom. The van der Waals surface area contributed by atoms with Crippen molar-refractivity contribution >= 4 is 28.5 Å². The third-order valence-electron chi connectivity index (χ3n) is 5.54. The molecule has 2 heterocycles.